The summed E-state index contributed by atoms with van der Waals surface area (Å²) >= 11 is 0. The average molecular weight is 323 g/mol. The molecule has 0 saturated heterocycles. The lowest BCUT2D eigenvalue weighted by Gasteiger charge is -2.19. The quantitative estimate of drug-likeness (QED) is 0.699. The minimum absolute atomic E-state index is 0.296. The molecule has 1 aromatic carbocycles. The average Bonchev–Trinajstić information content (AvgIpc) is 2.48. The Morgan fingerprint density at radius 2 is 1.61 bits per heavy atom. The Bertz CT molecular complexity index is 509. The van der Waals surface area contributed by atoms with Crippen molar-refractivity contribution >= 4 is 12.1 Å². The SMILES string of the molecule is COc1ccc(CNC(=O)NCCNC(=O)OC(C)(C)C)cc1. The molecule has 0 aliphatic heterocycles. The molecule has 0 aliphatic rings. The van der Waals surface area contributed by atoms with E-state index in [-0.39, 0.29) is 6.03 Å². The first-order chi connectivity index (χ1) is 10.8. The zero-order chi connectivity index (χ0) is 17.3. The van der Waals surface area contributed by atoms with E-state index >= 15 is 0 Å². The third-order valence-corrected chi connectivity index (χ3v) is 2.69. The second kappa shape index (κ2) is 8.87. The Balaban J connectivity index is 2.15. The van der Waals surface area contributed by atoms with Crippen LogP contribution in [0.3, 0.4) is 0 Å². The van der Waals surface area contributed by atoms with Gasteiger partial charge in [0.15, 0.2) is 0 Å². The number of urea groups is 1. The number of methoxy groups -OCH3 is 1. The lowest BCUT2D eigenvalue weighted by Crippen LogP contribution is -2.41. The van der Waals surface area contributed by atoms with E-state index in [0.717, 1.165) is 11.3 Å². The normalized spacial score (nSPS) is 10.6. The Labute approximate surface area is 136 Å². The third-order valence-electron chi connectivity index (χ3n) is 2.69. The van der Waals surface area contributed by atoms with Crippen LogP contribution in [0.25, 0.3) is 0 Å². The second-order valence-electron chi connectivity index (χ2n) is 5.89. The maximum Gasteiger partial charge on any atom is 0.407 e. The first-order valence-electron chi connectivity index (χ1n) is 7.41. The van der Waals surface area contributed by atoms with E-state index in [9.17, 15) is 9.59 Å². The summed E-state index contributed by atoms with van der Waals surface area (Å²) in [4.78, 5) is 23.0. The van der Waals surface area contributed by atoms with Crippen LogP contribution in [0, 0.1) is 0 Å². The largest absolute Gasteiger partial charge is 0.497 e. The highest BCUT2D eigenvalue weighted by atomic mass is 16.6. The summed E-state index contributed by atoms with van der Waals surface area (Å²) in [6.07, 6.45) is -0.502. The van der Waals surface area contributed by atoms with Crippen LogP contribution in [-0.4, -0.2) is 37.9 Å². The molecule has 0 saturated carbocycles. The molecule has 3 N–H and O–H groups in total. The van der Waals surface area contributed by atoms with Crippen molar-refractivity contribution in [1.29, 1.82) is 0 Å². The molecule has 1 aromatic rings. The molecule has 3 amide bonds. The monoisotopic (exact) mass is 323 g/mol. The number of carbonyl (C=O) groups is 2. The Hall–Kier alpha value is -2.44. The van der Waals surface area contributed by atoms with Crippen LogP contribution in [0.15, 0.2) is 24.3 Å². The maximum absolute atomic E-state index is 11.6. The second-order valence-corrected chi connectivity index (χ2v) is 5.89. The first-order valence-corrected chi connectivity index (χ1v) is 7.41. The van der Waals surface area contributed by atoms with Gasteiger partial charge in [-0.15, -0.1) is 0 Å². The van der Waals surface area contributed by atoms with E-state index in [1.165, 1.54) is 0 Å². The molecular weight excluding hydrogens is 298 g/mol. The van der Waals surface area contributed by atoms with E-state index < -0.39 is 11.7 Å². The molecule has 0 spiro atoms. The molecule has 0 unspecified atom stereocenters. The molecule has 0 aromatic heterocycles. The highest BCUT2D eigenvalue weighted by Crippen LogP contribution is 2.10. The Kier molecular flexibility index (Phi) is 7.18. The number of hydrogen-bond donors (Lipinski definition) is 3. The van der Waals surface area contributed by atoms with Gasteiger partial charge in [0.2, 0.25) is 0 Å². The van der Waals surface area contributed by atoms with Crippen molar-refractivity contribution in [2.45, 2.75) is 32.9 Å². The first kappa shape index (κ1) is 18.6. The summed E-state index contributed by atoms with van der Waals surface area (Å²) in [6, 6.07) is 7.12. The van der Waals surface area contributed by atoms with Crippen LogP contribution in [0.4, 0.5) is 9.59 Å². The van der Waals surface area contributed by atoms with Gasteiger partial charge in [-0.1, -0.05) is 12.1 Å². The molecule has 7 nitrogen and oxygen atoms in total. The molecule has 0 radical (unpaired) electrons. The fourth-order valence-corrected chi connectivity index (χ4v) is 1.64. The lowest BCUT2D eigenvalue weighted by molar-refractivity contribution is 0.0528. The summed E-state index contributed by atoms with van der Waals surface area (Å²) in [5, 5.41) is 7.94. The van der Waals surface area contributed by atoms with Gasteiger partial charge in [-0.3, -0.25) is 0 Å². The van der Waals surface area contributed by atoms with Crippen molar-refractivity contribution in [1.82, 2.24) is 16.0 Å². The Morgan fingerprint density at radius 3 is 2.17 bits per heavy atom. The minimum atomic E-state index is -0.534. The number of alkyl carbamates (subject to hydrolysis) is 1. The van der Waals surface area contributed by atoms with Gasteiger partial charge in [-0.25, -0.2) is 9.59 Å². The van der Waals surface area contributed by atoms with Crippen LogP contribution in [0.2, 0.25) is 0 Å². The van der Waals surface area contributed by atoms with E-state index in [2.05, 4.69) is 16.0 Å². The molecular formula is C16H25N3O4. The molecule has 23 heavy (non-hydrogen) atoms. The maximum atomic E-state index is 11.6. The fraction of sp³-hybridized carbons (Fsp3) is 0.500. The summed E-state index contributed by atoms with van der Waals surface area (Å²) in [6.45, 7) is 6.39. The van der Waals surface area contributed by atoms with Crippen molar-refractivity contribution in [3.63, 3.8) is 0 Å². The molecule has 7 heteroatoms. The number of nitrogens with one attached hydrogen (secondary N) is 3. The molecule has 0 heterocycles. The zero-order valence-corrected chi connectivity index (χ0v) is 14.1. The van der Waals surface area contributed by atoms with E-state index in [0.29, 0.717) is 19.6 Å². The molecule has 128 valence electrons. The van der Waals surface area contributed by atoms with E-state index in [1.807, 2.05) is 24.3 Å². The highest BCUT2D eigenvalue weighted by Gasteiger charge is 2.15. The van der Waals surface area contributed by atoms with Gasteiger partial charge in [0, 0.05) is 19.6 Å². The van der Waals surface area contributed by atoms with Gasteiger partial charge in [0.25, 0.3) is 0 Å². The highest BCUT2D eigenvalue weighted by molar-refractivity contribution is 5.74. The minimum Gasteiger partial charge on any atom is -0.497 e. The van der Waals surface area contributed by atoms with Crippen molar-refractivity contribution in [3.8, 4) is 5.75 Å². The number of benzene rings is 1. The number of carbonyl (C=O) groups excluding carboxylic acids is 2. The topological polar surface area (TPSA) is 88.7 Å². The van der Waals surface area contributed by atoms with Gasteiger partial charge in [-0.05, 0) is 38.5 Å². The van der Waals surface area contributed by atoms with Gasteiger partial charge < -0.3 is 25.4 Å². The van der Waals surface area contributed by atoms with E-state index in [1.54, 1.807) is 27.9 Å². The van der Waals surface area contributed by atoms with E-state index in [4.69, 9.17) is 9.47 Å². The number of ether oxygens (including phenoxy) is 2. The van der Waals surface area contributed by atoms with Crippen LogP contribution in [-0.2, 0) is 11.3 Å². The molecule has 0 fully saturated rings. The smallest absolute Gasteiger partial charge is 0.407 e. The predicted molar refractivity (Wildman–Crippen MR) is 87.5 cm³/mol. The predicted octanol–water partition coefficient (Wildman–Crippen LogP) is 2.02. The molecule has 0 bridgehead atoms. The Morgan fingerprint density at radius 1 is 1.00 bits per heavy atom. The standard InChI is InChI=1S/C16H25N3O4/c1-16(2,3)23-15(21)18-10-9-17-14(20)19-11-12-5-7-13(22-4)8-6-12/h5-8H,9-11H2,1-4H3,(H,18,21)(H2,17,19,20). The number of amides is 3. The fourth-order valence-electron chi connectivity index (χ4n) is 1.64. The van der Waals surface area contributed by atoms with Gasteiger partial charge in [0.1, 0.15) is 11.4 Å². The van der Waals surface area contributed by atoms with Crippen LogP contribution >= 0.6 is 0 Å². The van der Waals surface area contributed by atoms with Crippen molar-refractivity contribution in [3.05, 3.63) is 29.8 Å². The van der Waals surface area contributed by atoms with Crippen molar-refractivity contribution < 1.29 is 19.1 Å². The third kappa shape index (κ3) is 8.55. The van der Waals surface area contributed by atoms with Crippen LogP contribution < -0.4 is 20.7 Å². The van der Waals surface area contributed by atoms with Crippen molar-refractivity contribution in [2.75, 3.05) is 20.2 Å². The summed E-state index contributed by atoms with van der Waals surface area (Å²) in [7, 11) is 1.60. The van der Waals surface area contributed by atoms with Gasteiger partial charge in [0.05, 0.1) is 7.11 Å². The van der Waals surface area contributed by atoms with Gasteiger partial charge >= 0.3 is 12.1 Å². The van der Waals surface area contributed by atoms with Crippen LogP contribution in [0.1, 0.15) is 26.3 Å². The molecule has 1 rings (SSSR count). The summed E-state index contributed by atoms with van der Waals surface area (Å²) in [5.41, 5.74) is 0.431. The van der Waals surface area contributed by atoms with Gasteiger partial charge in [-0.2, -0.15) is 0 Å². The number of hydrogen-bond acceptors (Lipinski definition) is 4. The summed E-state index contributed by atoms with van der Waals surface area (Å²) < 4.78 is 10.1. The lowest BCUT2D eigenvalue weighted by atomic mass is 10.2. The summed E-state index contributed by atoms with van der Waals surface area (Å²) in [5.74, 6) is 0.770. The van der Waals surface area contributed by atoms with Crippen LogP contribution in [0.5, 0.6) is 5.75 Å². The number of rotatable bonds is 6. The molecule has 0 aliphatic carbocycles. The molecule has 0 atom stereocenters. The van der Waals surface area contributed by atoms with Crippen molar-refractivity contribution in [2.24, 2.45) is 0 Å². The zero-order valence-electron chi connectivity index (χ0n) is 14.1.